The van der Waals surface area contributed by atoms with Gasteiger partial charge in [-0.3, -0.25) is 0 Å². The molecule has 2 nitrogen and oxygen atoms in total. The van der Waals surface area contributed by atoms with Crippen molar-refractivity contribution in [3.63, 3.8) is 0 Å². The zero-order valence-electron chi connectivity index (χ0n) is 11.6. The molecule has 0 fully saturated rings. The van der Waals surface area contributed by atoms with Crippen LogP contribution in [0.5, 0.6) is 0 Å². The maximum atomic E-state index is 13.3. The number of hydrogen-bond donors (Lipinski definition) is 1. The highest BCUT2D eigenvalue weighted by Gasteiger charge is 2.71. The number of unbranched alkanes of at least 4 members (excludes halogenated alkanes) is 3. The molecule has 0 heterocycles. The van der Waals surface area contributed by atoms with Crippen molar-refractivity contribution in [2.24, 2.45) is 0 Å². The average molecular weight is 454 g/mol. The molecule has 134 valence electrons. The van der Waals surface area contributed by atoms with E-state index in [1.165, 1.54) is 0 Å². The molecule has 0 radical (unpaired) electrons. The Labute approximate surface area is 137 Å². The maximum Gasteiger partial charge on any atom is 0.431 e. The van der Waals surface area contributed by atoms with E-state index in [4.69, 9.17) is 9.84 Å². The van der Waals surface area contributed by atoms with Crippen molar-refractivity contribution < 1.29 is 40.6 Å². The molecule has 0 spiro atoms. The van der Waals surface area contributed by atoms with E-state index in [0.717, 1.165) is 0 Å². The summed E-state index contributed by atoms with van der Waals surface area (Å²) in [4.78, 5) is 0. The fourth-order valence-electron chi connectivity index (χ4n) is 1.63. The Bertz CT molecular complexity index is 293. The Morgan fingerprint density at radius 3 is 1.82 bits per heavy atom. The largest absolute Gasteiger partial charge is 0.431 e. The van der Waals surface area contributed by atoms with Crippen molar-refractivity contribution in [1.29, 1.82) is 0 Å². The first kappa shape index (κ1) is 22.2. The number of aliphatic hydroxyl groups excluding tert-OH is 1. The van der Waals surface area contributed by atoms with Crippen LogP contribution < -0.4 is 0 Å². The van der Waals surface area contributed by atoms with Crippen molar-refractivity contribution in [3.05, 3.63) is 0 Å². The first-order valence-corrected chi connectivity index (χ1v) is 7.85. The lowest BCUT2D eigenvalue weighted by Crippen LogP contribution is -2.53. The molecule has 0 saturated carbocycles. The summed E-state index contributed by atoms with van der Waals surface area (Å²) in [5.74, 6) is 0. The van der Waals surface area contributed by atoms with Crippen LogP contribution in [0.1, 0.15) is 32.1 Å². The van der Waals surface area contributed by atoms with Gasteiger partial charge in [-0.1, -0.05) is 35.4 Å². The van der Waals surface area contributed by atoms with Crippen molar-refractivity contribution in [1.82, 2.24) is 0 Å². The molecule has 0 aliphatic carbocycles. The van der Waals surface area contributed by atoms with Crippen LogP contribution in [0, 0.1) is 0 Å². The van der Waals surface area contributed by atoms with Crippen LogP contribution in [-0.2, 0) is 4.74 Å². The fourth-order valence-corrected chi connectivity index (χ4v) is 1.89. The SMILES string of the molecule is OCC(I)COCCCCCCC(F)(C(F)(F)F)C(F)(F)F. The molecule has 0 aliphatic heterocycles. The second kappa shape index (κ2) is 9.45. The summed E-state index contributed by atoms with van der Waals surface area (Å²) in [6.07, 6.45) is -13.2. The molecule has 0 aromatic heterocycles. The summed E-state index contributed by atoms with van der Waals surface area (Å²) in [6.45, 7) is 0.555. The van der Waals surface area contributed by atoms with Crippen LogP contribution in [0.25, 0.3) is 0 Å². The lowest BCUT2D eigenvalue weighted by Gasteiger charge is -2.29. The molecule has 1 N–H and O–H groups in total. The van der Waals surface area contributed by atoms with Gasteiger partial charge < -0.3 is 9.84 Å². The molecule has 0 bridgehead atoms. The number of hydrogen-bond acceptors (Lipinski definition) is 2. The van der Waals surface area contributed by atoms with E-state index >= 15 is 0 Å². The Morgan fingerprint density at radius 1 is 0.864 bits per heavy atom. The van der Waals surface area contributed by atoms with E-state index in [0.29, 0.717) is 26.1 Å². The summed E-state index contributed by atoms with van der Waals surface area (Å²) in [5.41, 5.74) is -5.15. The van der Waals surface area contributed by atoms with Gasteiger partial charge in [-0.2, -0.15) is 26.3 Å². The fraction of sp³-hybridized carbons (Fsp3) is 1.00. The second-order valence-electron chi connectivity index (χ2n) is 4.82. The highest BCUT2D eigenvalue weighted by molar-refractivity contribution is 14.1. The van der Waals surface area contributed by atoms with Crippen LogP contribution in [0.15, 0.2) is 0 Å². The number of alkyl halides is 8. The quantitative estimate of drug-likeness (QED) is 0.227. The molecule has 0 aromatic carbocycles. The van der Waals surface area contributed by atoms with Crippen molar-refractivity contribution in [3.8, 4) is 0 Å². The lowest BCUT2D eigenvalue weighted by molar-refractivity contribution is -0.343. The first-order valence-electron chi connectivity index (χ1n) is 6.60. The Morgan fingerprint density at radius 2 is 1.36 bits per heavy atom. The molecule has 1 unspecified atom stereocenters. The first-order chi connectivity index (χ1) is 9.95. The Kier molecular flexibility index (Phi) is 9.52. The normalized spacial score (nSPS) is 15.1. The predicted octanol–water partition coefficient (Wildman–Crippen LogP) is 4.58. The molecule has 0 aromatic rings. The third-order valence-corrected chi connectivity index (χ3v) is 3.71. The molecule has 0 amide bonds. The molecular formula is C12H18F7IO2. The van der Waals surface area contributed by atoms with Gasteiger partial charge in [0.15, 0.2) is 0 Å². The number of aliphatic hydroxyl groups is 1. The highest BCUT2D eigenvalue weighted by atomic mass is 127. The maximum absolute atomic E-state index is 13.3. The minimum absolute atomic E-state index is 0.0476. The Balaban J connectivity index is 3.98. The van der Waals surface area contributed by atoms with Crippen LogP contribution in [0.2, 0.25) is 0 Å². The van der Waals surface area contributed by atoms with E-state index in [1.807, 2.05) is 22.6 Å². The molecule has 0 aliphatic rings. The van der Waals surface area contributed by atoms with Crippen LogP contribution >= 0.6 is 22.6 Å². The van der Waals surface area contributed by atoms with Gasteiger partial charge in [0.1, 0.15) is 0 Å². The highest BCUT2D eigenvalue weighted by Crippen LogP contribution is 2.49. The van der Waals surface area contributed by atoms with Gasteiger partial charge in [-0.05, 0) is 19.3 Å². The topological polar surface area (TPSA) is 29.5 Å². The average Bonchev–Trinajstić information content (AvgIpc) is 2.38. The monoisotopic (exact) mass is 454 g/mol. The van der Waals surface area contributed by atoms with Crippen molar-refractivity contribution >= 4 is 22.6 Å². The minimum atomic E-state index is -5.96. The molecule has 0 rings (SSSR count). The van der Waals surface area contributed by atoms with Crippen LogP contribution in [0.4, 0.5) is 30.7 Å². The van der Waals surface area contributed by atoms with E-state index in [2.05, 4.69) is 0 Å². The lowest BCUT2D eigenvalue weighted by atomic mass is 9.96. The number of halogens is 8. The molecule has 0 saturated heterocycles. The van der Waals surface area contributed by atoms with Gasteiger partial charge in [0.25, 0.3) is 5.67 Å². The molecular weight excluding hydrogens is 436 g/mol. The molecule has 22 heavy (non-hydrogen) atoms. The minimum Gasteiger partial charge on any atom is -0.395 e. The third-order valence-electron chi connectivity index (χ3n) is 2.96. The van der Waals surface area contributed by atoms with E-state index in [9.17, 15) is 30.7 Å². The van der Waals surface area contributed by atoms with Crippen molar-refractivity contribution in [2.45, 2.75) is 54.1 Å². The molecule has 10 heteroatoms. The smallest absolute Gasteiger partial charge is 0.395 e. The van der Waals surface area contributed by atoms with E-state index in [-0.39, 0.29) is 17.0 Å². The van der Waals surface area contributed by atoms with Gasteiger partial charge in [0.2, 0.25) is 0 Å². The van der Waals surface area contributed by atoms with Gasteiger partial charge in [-0.25, -0.2) is 4.39 Å². The van der Waals surface area contributed by atoms with Crippen LogP contribution in [0.3, 0.4) is 0 Å². The summed E-state index contributed by atoms with van der Waals surface area (Å²) >= 11 is 1.97. The van der Waals surface area contributed by atoms with E-state index in [1.54, 1.807) is 0 Å². The second-order valence-corrected chi connectivity index (χ2v) is 6.58. The van der Waals surface area contributed by atoms with Crippen LogP contribution in [-0.4, -0.2) is 46.9 Å². The summed E-state index contributed by atoms with van der Waals surface area (Å²) in [5, 5.41) is 8.71. The van der Waals surface area contributed by atoms with Gasteiger partial charge in [0.05, 0.1) is 17.1 Å². The Hall–Kier alpha value is 0.160. The van der Waals surface area contributed by atoms with Crippen molar-refractivity contribution in [2.75, 3.05) is 19.8 Å². The standard InChI is InChI=1S/C12H18F7IO2/c13-10(11(14,15)16,12(17,18)19)5-3-1-2-4-6-22-8-9(20)7-21/h9,21H,1-8H2. The van der Waals surface area contributed by atoms with E-state index < -0.39 is 30.9 Å². The molecule has 1 atom stereocenters. The third kappa shape index (κ3) is 7.16. The summed E-state index contributed by atoms with van der Waals surface area (Å²) in [6, 6.07) is 0. The summed E-state index contributed by atoms with van der Waals surface area (Å²) < 4.78 is 91.8. The number of ether oxygens (including phenoxy) is 1. The predicted molar refractivity (Wildman–Crippen MR) is 74.7 cm³/mol. The van der Waals surface area contributed by atoms with Gasteiger partial charge in [0, 0.05) is 6.61 Å². The zero-order valence-corrected chi connectivity index (χ0v) is 13.8. The van der Waals surface area contributed by atoms with Gasteiger partial charge >= 0.3 is 12.4 Å². The van der Waals surface area contributed by atoms with Gasteiger partial charge in [-0.15, -0.1) is 0 Å². The number of rotatable bonds is 10. The summed E-state index contributed by atoms with van der Waals surface area (Å²) in [7, 11) is 0. The zero-order chi connectivity index (χ0) is 17.4.